The number of allylic oxidation sites excluding steroid dienone is 4. The van der Waals surface area contributed by atoms with Crippen LogP contribution in [0.4, 0.5) is 0 Å². The van der Waals surface area contributed by atoms with Gasteiger partial charge in [0.25, 0.3) is 0 Å². The van der Waals surface area contributed by atoms with Gasteiger partial charge in [-0.2, -0.15) is 41.0 Å². The third kappa shape index (κ3) is 10.6. The van der Waals surface area contributed by atoms with E-state index in [1.54, 1.807) is 0 Å². The summed E-state index contributed by atoms with van der Waals surface area (Å²) in [6, 6.07) is 25.5. The Kier molecular flexibility index (Phi) is 14.2. The molecule has 0 radical (unpaired) electrons. The predicted molar refractivity (Wildman–Crippen MR) is 172 cm³/mol. The summed E-state index contributed by atoms with van der Waals surface area (Å²) in [5.74, 6) is 0.522. The van der Waals surface area contributed by atoms with Crippen molar-refractivity contribution in [3.05, 3.63) is 118 Å². The molecule has 3 heteroatoms. The quantitative estimate of drug-likeness (QED) is 0.262. The summed E-state index contributed by atoms with van der Waals surface area (Å²) in [5.41, 5.74) is 11.9. The van der Waals surface area contributed by atoms with Crippen LogP contribution in [0.25, 0.3) is 11.1 Å². The molecule has 0 saturated carbocycles. The molecule has 5 rings (SSSR count). The first kappa shape index (κ1) is 38.5. The van der Waals surface area contributed by atoms with Gasteiger partial charge in [-0.1, -0.05) is 115 Å². The second-order valence-electron chi connectivity index (χ2n) is 14.3. The summed E-state index contributed by atoms with van der Waals surface area (Å²) < 4.78 is 1.46. The predicted octanol–water partition coefficient (Wildman–Crippen LogP) is 4.40. The average Bonchev–Trinajstić information content (AvgIpc) is 3.47. The van der Waals surface area contributed by atoms with Gasteiger partial charge in [-0.15, -0.1) is 5.56 Å². The minimum Gasteiger partial charge on any atom is -1.00 e. The number of fused-ring (bicyclic) bond motifs is 3. The zero-order valence-corrected chi connectivity index (χ0v) is 31.4. The fourth-order valence-corrected chi connectivity index (χ4v) is 5.14. The van der Waals surface area contributed by atoms with E-state index in [9.17, 15) is 0 Å². The molecule has 42 heavy (non-hydrogen) atoms. The summed E-state index contributed by atoms with van der Waals surface area (Å²) in [7, 11) is 0. The molecule has 0 saturated heterocycles. The van der Waals surface area contributed by atoms with Gasteiger partial charge in [0.1, 0.15) is 0 Å². The summed E-state index contributed by atoms with van der Waals surface area (Å²) in [6.07, 6.45) is 8.68. The molecule has 0 aliphatic heterocycles. The zero-order valence-electron chi connectivity index (χ0n) is 27.5. The van der Waals surface area contributed by atoms with Gasteiger partial charge in [-0.3, -0.25) is 6.08 Å². The maximum absolute atomic E-state index is 3.53. The standard InChI is InChI=1S/C21H25.C10H15.C8H8.2ClH.Zr/c1-20(2,3)16-9-7-14-11-15-8-10-17(21(4,5)6)13-19(15)18(14)12-16;1-8-5-6-9(7-8)10(2,3)4;1-2-8-6-4-3-5-7-8;;;/h7,9-10,12-13H,11H2,1-6H3;6-8H,1-4H3;3-7H,1H3;2*1H;/q2*-1;;;;+2/p-2. The Balaban J connectivity index is 0.000000353. The van der Waals surface area contributed by atoms with E-state index in [1.807, 2.05) is 6.07 Å². The van der Waals surface area contributed by atoms with Crippen LogP contribution in [0.5, 0.6) is 0 Å². The second-order valence-corrected chi connectivity index (χ2v) is 16.1. The van der Waals surface area contributed by atoms with Gasteiger partial charge >= 0.3 is 70.3 Å². The molecule has 224 valence electrons. The minimum absolute atomic E-state index is 0. The molecule has 1 unspecified atom stereocenters. The van der Waals surface area contributed by atoms with E-state index in [4.69, 9.17) is 0 Å². The molecule has 0 spiro atoms. The first-order valence-electron chi connectivity index (χ1n) is 14.6. The van der Waals surface area contributed by atoms with E-state index in [0.29, 0.717) is 11.3 Å². The maximum atomic E-state index is 3.53. The van der Waals surface area contributed by atoms with Crippen molar-refractivity contribution in [2.24, 2.45) is 11.3 Å². The molecule has 0 fully saturated rings. The Hall–Kier alpha value is -1.53. The molecule has 0 N–H and O–H groups in total. The first-order chi connectivity index (χ1) is 18.5. The fourth-order valence-electron chi connectivity index (χ4n) is 4.73. The Bertz CT molecular complexity index is 1330. The van der Waals surface area contributed by atoms with E-state index in [1.165, 1.54) is 72.0 Å². The van der Waals surface area contributed by atoms with Crippen LogP contribution in [0, 0.1) is 23.5 Å². The maximum Gasteiger partial charge on any atom is -1.00 e. The molecule has 2 aliphatic carbocycles. The van der Waals surface area contributed by atoms with Crippen LogP contribution < -0.4 is 24.8 Å². The average molecular weight is 679 g/mol. The molecule has 2 aliphatic rings. The van der Waals surface area contributed by atoms with Crippen LogP contribution in [0.15, 0.2) is 78.4 Å². The first-order valence-corrected chi connectivity index (χ1v) is 15.8. The Morgan fingerprint density at radius 1 is 0.762 bits per heavy atom. The van der Waals surface area contributed by atoms with E-state index in [-0.39, 0.29) is 35.6 Å². The summed E-state index contributed by atoms with van der Waals surface area (Å²) in [5, 5.41) is 0. The van der Waals surface area contributed by atoms with Crippen molar-refractivity contribution >= 4 is 3.21 Å². The number of hydrogen-bond acceptors (Lipinski definition) is 0. The SMILES string of the molecule is CC(C)(C)c1c[c-]c2c(c1)-c1cc(C(C)(C)C)ccc1C2.CC1[C-]=CC(C(C)(C)C)=C1.C[C](=[Zr+2])c1ccccc1.[Cl-].[Cl-]. The van der Waals surface area contributed by atoms with Crippen LogP contribution in [0.1, 0.15) is 104 Å². The number of benzene rings is 3. The van der Waals surface area contributed by atoms with Crippen LogP contribution in [0.2, 0.25) is 0 Å². The van der Waals surface area contributed by atoms with Crippen molar-refractivity contribution in [3.8, 4) is 11.1 Å². The molecule has 0 bridgehead atoms. The van der Waals surface area contributed by atoms with E-state index in [2.05, 4.69) is 155 Å². The van der Waals surface area contributed by atoms with Gasteiger partial charge in [0.2, 0.25) is 0 Å². The number of hydrogen-bond donors (Lipinski definition) is 0. The van der Waals surface area contributed by atoms with Crippen molar-refractivity contribution in [1.29, 1.82) is 0 Å². The Labute approximate surface area is 284 Å². The monoisotopic (exact) mass is 676 g/mol. The minimum atomic E-state index is 0. The number of halogens is 2. The molecule has 0 aromatic heterocycles. The Morgan fingerprint density at radius 2 is 1.33 bits per heavy atom. The molecule has 0 heterocycles. The topological polar surface area (TPSA) is 0 Å². The summed E-state index contributed by atoms with van der Waals surface area (Å²) in [4.78, 5) is 0. The van der Waals surface area contributed by atoms with Gasteiger partial charge < -0.3 is 24.8 Å². The molecule has 3 aromatic rings. The van der Waals surface area contributed by atoms with Crippen molar-refractivity contribution < 1.29 is 49.0 Å². The molecule has 3 aromatic carbocycles. The zero-order chi connectivity index (χ0) is 29.9. The van der Waals surface area contributed by atoms with Gasteiger partial charge in [0, 0.05) is 0 Å². The van der Waals surface area contributed by atoms with E-state index < -0.39 is 0 Å². The van der Waals surface area contributed by atoms with Crippen LogP contribution >= 0.6 is 0 Å². The fraction of sp³-hybridized carbons (Fsp3) is 0.410. The van der Waals surface area contributed by atoms with E-state index in [0.717, 1.165) is 6.42 Å². The van der Waals surface area contributed by atoms with Gasteiger partial charge in [0.15, 0.2) is 0 Å². The van der Waals surface area contributed by atoms with Crippen LogP contribution in [-0.2, 0) is 41.5 Å². The van der Waals surface area contributed by atoms with Crippen LogP contribution in [0.3, 0.4) is 0 Å². The molecule has 0 nitrogen and oxygen atoms in total. The summed E-state index contributed by atoms with van der Waals surface area (Å²) in [6.45, 7) is 24.7. The molecular weight excluding hydrogens is 631 g/mol. The van der Waals surface area contributed by atoms with Crippen molar-refractivity contribution in [2.45, 2.75) is 93.4 Å². The molecular formula is C39H48Cl2Zr-2. The van der Waals surface area contributed by atoms with Crippen molar-refractivity contribution in [2.75, 3.05) is 0 Å². The van der Waals surface area contributed by atoms with Crippen molar-refractivity contribution in [1.82, 2.24) is 0 Å². The normalized spacial score (nSPS) is 15.0. The molecule has 0 amide bonds. The molecule has 1 atom stereocenters. The third-order valence-electron chi connectivity index (χ3n) is 7.53. The smallest absolute Gasteiger partial charge is 1.00 e. The third-order valence-corrected chi connectivity index (χ3v) is 8.24. The van der Waals surface area contributed by atoms with Crippen LogP contribution in [-0.4, -0.2) is 3.21 Å². The van der Waals surface area contributed by atoms with E-state index >= 15 is 0 Å². The largest absolute Gasteiger partial charge is 1.00 e. The second kappa shape index (κ2) is 15.5. The number of rotatable bonds is 1. The van der Waals surface area contributed by atoms with Crippen molar-refractivity contribution in [3.63, 3.8) is 0 Å². The Morgan fingerprint density at radius 3 is 1.76 bits per heavy atom. The van der Waals surface area contributed by atoms with Gasteiger partial charge in [-0.25, -0.2) is 6.08 Å². The van der Waals surface area contributed by atoms with Gasteiger partial charge in [0.05, 0.1) is 0 Å². The van der Waals surface area contributed by atoms with Gasteiger partial charge in [-0.05, 0) is 17.4 Å². The summed E-state index contributed by atoms with van der Waals surface area (Å²) >= 11 is 1.51.